The average Bonchev–Trinajstić information content (AvgIpc) is 3.47. The Morgan fingerprint density at radius 2 is 2.16 bits per heavy atom. The quantitative estimate of drug-likeness (QED) is 0.288. The summed E-state index contributed by atoms with van der Waals surface area (Å²) in [4.78, 5) is 22.8. The number of aliphatic imine (C=N–C) groups is 1. The highest BCUT2D eigenvalue weighted by molar-refractivity contribution is 9.10. The molecule has 3 heterocycles. The van der Waals surface area contributed by atoms with Crippen LogP contribution in [0.1, 0.15) is 35.8 Å². The van der Waals surface area contributed by atoms with Gasteiger partial charge < -0.3 is 10.5 Å². The summed E-state index contributed by atoms with van der Waals surface area (Å²) in [5, 5.41) is 2.11. The minimum absolute atomic E-state index is 0.000800. The fourth-order valence-corrected chi connectivity index (χ4v) is 5.34. The van der Waals surface area contributed by atoms with Crippen LogP contribution in [0.3, 0.4) is 0 Å². The average molecular weight is 513 g/mol. The lowest BCUT2D eigenvalue weighted by Gasteiger charge is -2.33. The van der Waals surface area contributed by atoms with Crippen LogP contribution in [0.2, 0.25) is 0 Å². The summed E-state index contributed by atoms with van der Waals surface area (Å²) in [5.74, 6) is 1.13. The largest absolute Gasteiger partial charge is 0.493 e. The number of guanidine groups is 1. The molecular formula is C24H25BrN4O2S. The maximum atomic E-state index is 11.3. The third-order valence-electron chi connectivity index (χ3n) is 6.06. The molecule has 6 nitrogen and oxygen atoms in total. The van der Waals surface area contributed by atoms with Gasteiger partial charge in [-0.25, -0.2) is 4.99 Å². The Labute approximate surface area is 200 Å². The van der Waals surface area contributed by atoms with Gasteiger partial charge in [-0.2, -0.15) is 0 Å². The monoisotopic (exact) mass is 512 g/mol. The normalized spacial score (nSPS) is 16.1. The van der Waals surface area contributed by atoms with Gasteiger partial charge in [0.1, 0.15) is 11.3 Å². The predicted molar refractivity (Wildman–Crippen MR) is 132 cm³/mol. The molecule has 1 amide bonds. The first-order valence-electron chi connectivity index (χ1n) is 10.3. The second kappa shape index (κ2) is 9.03. The van der Waals surface area contributed by atoms with Crippen LogP contribution in [-0.4, -0.2) is 35.9 Å². The highest BCUT2D eigenvalue weighted by Crippen LogP contribution is 2.45. The Kier molecular flexibility index (Phi) is 6.35. The van der Waals surface area contributed by atoms with Gasteiger partial charge in [-0.3, -0.25) is 14.7 Å². The number of amides is 1. The van der Waals surface area contributed by atoms with Gasteiger partial charge >= 0.3 is 0 Å². The SMILES string of the molecule is CC(c1ccc2c(c1)CCO2)[C@](C)(N=C(N)N(C)C=O)c1cc(-c2cncc(Br)c2)cs1. The zero-order chi connectivity index (χ0) is 22.9. The Morgan fingerprint density at radius 1 is 1.34 bits per heavy atom. The molecule has 4 rings (SSSR count). The van der Waals surface area contributed by atoms with Gasteiger partial charge in [-0.05, 0) is 63.1 Å². The molecule has 0 aliphatic carbocycles. The molecular weight excluding hydrogens is 488 g/mol. The molecule has 0 spiro atoms. The predicted octanol–water partition coefficient (Wildman–Crippen LogP) is 4.93. The molecule has 32 heavy (non-hydrogen) atoms. The minimum Gasteiger partial charge on any atom is -0.493 e. The third kappa shape index (κ3) is 4.29. The van der Waals surface area contributed by atoms with Gasteiger partial charge in [0.05, 0.1) is 6.61 Å². The van der Waals surface area contributed by atoms with E-state index in [0.29, 0.717) is 13.0 Å². The van der Waals surface area contributed by atoms with Crippen LogP contribution in [0.4, 0.5) is 0 Å². The van der Waals surface area contributed by atoms with Gasteiger partial charge in [0, 0.05) is 46.7 Å². The van der Waals surface area contributed by atoms with Crippen molar-refractivity contribution in [3.8, 4) is 16.9 Å². The molecule has 2 N–H and O–H groups in total. The summed E-state index contributed by atoms with van der Waals surface area (Å²) in [7, 11) is 1.61. The van der Waals surface area contributed by atoms with Crippen molar-refractivity contribution in [1.82, 2.24) is 9.88 Å². The fraction of sp³-hybridized carbons (Fsp3) is 0.292. The Morgan fingerprint density at radius 3 is 2.91 bits per heavy atom. The van der Waals surface area contributed by atoms with Crippen molar-refractivity contribution in [3.63, 3.8) is 0 Å². The second-order valence-corrected chi connectivity index (χ2v) is 9.94. The van der Waals surface area contributed by atoms with Crippen LogP contribution in [0.15, 0.2) is 57.6 Å². The molecule has 0 saturated heterocycles. The van der Waals surface area contributed by atoms with E-state index < -0.39 is 5.54 Å². The minimum atomic E-state index is -0.683. The van der Waals surface area contributed by atoms with E-state index in [4.69, 9.17) is 15.5 Å². The number of thiophene rings is 1. The summed E-state index contributed by atoms with van der Waals surface area (Å²) >= 11 is 5.12. The number of hydrogen-bond donors (Lipinski definition) is 1. The third-order valence-corrected chi connectivity index (χ3v) is 7.65. The lowest BCUT2D eigenvalue weighted by Crippen LogP contribution is -2.37. The topological polar surface area (TPSA) is 80.8 Å². The number of nitrogens with two attached hydrogens (primary N) is 1. The molecule has 0 bridgehead atoms. The highest BCUT2D eigenvalue weighted by Gasteiger charge is 2.37. The van der Waals surface area contributed by atoms with Crippen LogP contribution in [0, 0.1) is 0 Å². The number of benzene rings is 1. The van der Waals surface area contributed by atoms with Gasteiger partial charge in [-0.1, -0.05) is 19.1 Å². The van der Waals surface area contributed by atoms with Gasteiger partial charge in [0.15, 0.2) is 5.96 Å². The standard InChI is InChI=1S/C24H25BrN4O2S/c1-15(16-4-5-21-17(8-16)6-7-31-21)24(2,28-23(26)29(3)14-30)22-10-19(13-32-22)18-9-20(25)12-27-11-18/h4-5,8-15H,6-7H2,1-3H3,(H2,26,28)/t15?,24-/m0/s1. The molecule has 0 saturated carbocycles. The number of carbonyl (C=O) groups excluding carboxylic acids is 1. The fourth-order valence-electron chi connectivity index (χ4n) is 3.86. The Balaban J connectivity index is 1.79. The zero-order valence-corrected chi connectivity index (χ0v) is 20.6. The second-order valence-electron chi connectivity index (χ2n) is 8.11. The zero-order valence-electron chi connectivity index (χ0n) is 18.2. The molecule has 1 aliphatic heterocycles. The molecule has 2 aromatic heterocycles. The summed E-state index contributed by atoms with van der Waals surface area (Å²) in [5.41, 5.74) is 9.98. The highest BCUT2D eigenvalue weighted by atomic mass is 79.9. The first-order chi connectivity index (χ1) is 15.3. The maximum Gasteiger partial charge on any atom is 0.216 e. The van der Waals surface area contributed by atoms with Crippen molar-refractivity contribution >= 4 is 39.6 Å². The number of carbonyl (C=O) groups is 1. The molecule has 1 aromatic carbocycles. The lowest BCUT2D eigenvalue weighted by atomic mass is 9.80. The van der Waals surface area contributed by atoms with Gasteiger partial charge in [0.25, 0.3) is 0 Å². The van der Waals surface area contributed by atoms with E-state index >= 15 is 0 Å². The number of aromatic nitrogens is 1. The number of pyridine rings is 1. The van der Waals surface area contributed by atoms with Gasteiger partial charge in [0.2, 0.25) is 6.41 Å². The van der Waals surface area contributed by atoms with E-state index in [0.717, 1.165) is 38.2 Å². The van der Waals surface area contributed by atoms with Crippen molar-refractivity contribution in [2.45, 2.75) is 31.7 Å². The smallest absolute Gasteiger partial charge is 0.216 e. The van der Waals surface area contributed by atoms with E-state index in [1.54, 1.807) is 24.6 Å². The molecule has 3 aromatic rings. The molecule has 166 valence electrons. The maximum absolute atomic E-state index is 11.3. The number of ether oxygens (including phenoxy) is 1. The Hall–Kier alpha value is -2.71. The van der Waals surface area contributed by atoms with Crippen molar-refractivity contribution in [2.75, 3.05) is 13.7 Å². The number of hydrogen-bond acceptors (Lipinski definition) is 5. The summed E-state index contributed by atoms with van der Waals surface area (Å²) < 4.78 is 6.60. The molecule has 8 heteroatoms. The molecule has 0 fully saturated rings. The summed E-state index contributed by atoms with van der Waals surface area (Å²) in [6, 6.07) is 10.5. The van der Waals surface area contributed by atoms with Gasteiger partial charge in [-0.15, -0.1) is 11.3 Å². The van der Waals surface area contributed by atoms with Crippen LogP contribution in [0.25, 0.3) is 11.1 Å². The molecule has 2 atom stereocenters. The number of halogens is 1. The summed E-state index contributed by atoms with van der Waals surface area (Å²) in [6.45, 7) is 4.94. The van der Waals surface area contributed by atoms with Crippen LogP contribution in [-0.2, 0) is 16.8 Å². The van der Waals surface area contributed by atoms with Crippen LogP contribution in [0.5, 0.6) is 5.75 Å². The first kappa shape index (κ1) is 22.5. The van der Waals surface area contributed by atoms with Crippen LogP contribution >= 0.6 is 27.3 Å². The number of fused-ring (bicyclic) bond motifs is 1. The molecule has 1 unspecified atom stereocenters. The number of nitrogens with zero attached hydrogens (tertiary/aromatic N) is 3. The van der Waals surface area contributed by atoms with E-state index in [2.05, 4.69) is 58.3 Å². The summed E-state index contributed by atoms with van der Waals surface area (Å²) in [6.07, 6.45) is 5.19. The van der Waals surface area contributed by atoms with Crippen molar-refractivity contribution < 1.29 is 9.53 Å². The first-order valence-corrected chi connectivity index (χ1v) is 12.0. The van der Waals surface area contributed by atoms with E-state index in [1.165, 1.54) is 10.5 Å². The van der Waals surface area contributed by atoms with Crippen molar-refractivity contribution in [1.29, 1.82) is 0 Å². The van der Waals surface area contributed by atoms with Crippen LogP contribution < -0.4 is 10.5 Å². The van der Waals surface area contributed by atoms with Crippen molar-refractivity contribution in [2.24, 2.45) is 10.7 Å². The van der Waals surface area contributed by atoms with E-state index in [1.807, 2.05) is 18.3 Å². The van der Waals surface area contributed by atoms with E-state index in [-0.39, 0.29) is 11.9 Å². The molecule has 0 radical (unpaired) electrons. The van der Waals surface area contributed by atoms with E-state index in [9.17, 15) is 4.79 Å². The van der Waals surface area contributed by atoms with Crippen molar-refractivity contribution in [3.05, 3.63) is 68.6 Å². The lowest BCUT2D eigenvalue weighted by molar-refractivity contribution is -0.114. The molecule has 1 aliphatic rings. The Bertz CT molecular complexity index is 1180. The number of rotatable bonds is 6.